The van der Waals surface area contributed by atoms with Gasteiger partial charge in [-0.25, -0.2) is 0 Å². The summed E-state index contributed by atoms with van der Waals surface area (Å²) in [6.07, 6.45) is -4.74. The van der Waals surface area contributed by atoms with Crippen molar-refractivity contribution >= 4 is 18.9 Å². The number of nitrogens with zero attached hydrogens (tertiary/aromatic N) is 3. The number of amides is 1. The van der Waals surface area contributed by atoms with Gasteiger partial charge in [0.05, 0.1) is 0 Å². The standard InChI is InChI=1S/C14H12BF3N4O5/c1-7(15-22-26-6-10(23)24)19-12(25)9-4-2-8(3-5-9)11-20-13(27-21-11)14(16,17)18/h2-5,7H,6H2,1H3,(H,19,25)(H,23,24). The fourth-order valence-electron chi connectivity index (χ4n) is 1.78. The van der Waals surface area contributed by atoms with Crippen LogP contribution in [-0.2, 0) is 15.8 Å². The van der Waals surface area contributed by atoms with Gasteiger partial charge in [-0.15, -0.1) is 0 Å². The molecule has 142 valence electrons. The third kappa shape index (κ3) is 5.90. The average molecular weight is 384 g/mol. The van der Waals surface area contributed by atoms with Crippen molar-refractivity contribution in [3.63, 3.8) is 0 Å². The van der Waals surface area contributed by atoms with Crippen molar-refractivity contribution in [3.05, 3.63) is 35.7 Å². The van der Waals surface area contributed by atoms with E-state index in [-0.39, 0.29) is 17.0 Å². The number of aliphatic carboxylic acids is 1. The van der Waals surface area contributed by atoms with E-state index in [2.05, 4.69) is 29.9 Å². The molecule has 2 aromatic rings. The number of rotatable bonds is 7. The van der Waals surface area contributed by atoms with Gasteiger partial charge in [0.1, 0.15) is 0 Å². The molecule has 0 fully saturated rings. The molecule has 0 spiro atoms. The summed E-state index contributed by atoms with van der Waals surface area (Å²) in [4.78, 5) is 30.0. The number of carbonyl (C=O) groups is 2. The molecule has 1 atom stereocenters. The summed E-state index contributed by atoms with van der Waals surface area (Å²) >= 11 is 0. The first-order valence-corrected chi connectivity index (χ1v) is 7.36. The maximum atomic E-state index is 12.5. The number of nitrogens with one attached hydrogen (secondary N) is 1. The van der Waals surface area contributed by atoms with Gasteiger partial charge in [-0.3, -0.25) is 0 Å². The molecule has 0 aliphatic carbocycles. The van der Waals surface area contributed by atoms with Crippen molar-refractivity contribution in [1.82, 2.24) is 15.5 Å². The van der Waals surface area contributed by atoms with E-state index in [1.165, 1.54) is 31.3 Å². The van der Waals surface area contributed by atoms with Crippen molar-refractivity contribution in [2.24, 2.45) is 5.06 Å². The Labute approximate surface area is 150 Å². The number of hydrogen-bond donors (Lipinski definition) is 2. The molecule has 0 saturated carbocycles. The van der Waals surface area contributed by atoms with Gasteiger partial charge in [-0.1, -0.05) is 0 Å². The van der Waals surface area contributed by atoms with Gasteiger partial charge in [-0.2, -0.15) is 0 Å². The number of carboxylic acids is 1. The first kappa shape index (κ1) is 20.1. The van der Waals surface area contributed by atoms with Crippen molar-refractivity contribution in [1.29, 1.82) is 0 Å². The van der Waals surface area contributed by atoms with Gasteiger partial charge in [0.25, 0.3) is 0 Å². The molecule has 13 heteroatoms. The zero-order valence-corrected chi connectivity index (χ0v) is 13.7. The average Bonchev–Trinajstić information content (AvgIpc) is 3.09. The van der Waals surface area contributed by atoms with Crippen LogP contribution in [0.2, 0.25) is 0 Å². The van der Waals surface area contributed by atoms with Crippen molar-refractivity contribution in [2.75, 3.05) is 6.61 Å². The van der Waals surface area contributed by atoms with Gasteiger partial charge in [0, 0.05) is 0 Å². The number of hydrogen-bond acceptors (Lipinski definition) is 7. The molecule has 27 heavy (non-hydrogen) atoms. The normalized spacial score (nSPS) is 12.4. The molecule has 1 amide bonds. The first-order valence-electron chi connectivity index (χ1n) is 7.36. The van der Waals surface area contributed by atoms with Crippen molar-refractivity contribution in [2.45, 2.75) is 19.0 Å². The second kappa shape index (κ2) is 8.42. The quantitative estimate of drug-likeness (QED) is 0.550. The van der Waals surface area contributed by atoms with E-state index in [9.17, 15) is 22.8 Å². The number of carbonyl (C=O) groups excluding carboxylic acids is 1. The van der Waals surface area contributed by atoms with Gasteiger partial charge in [0.15, 0.2) is 0 Å². The van der Waals surface area contributed by atoms with E-state index in [4.69, 9.17) is 5.11 Å². The minimum atomic E-state index is -4.74. The summed E-state index contributed by atoms with van der Waals surface area (Å²) in [5.41, 5.74) is 0.465. The van der Waals surface area contributed by atoms with Gasteiger partial charge in [-0.05, 0) is 0 Å². The Hall–Kier alpha value is -3.25. The van der Waals surface area contributed by atoms with Crippen LogP contribution in [0.1, 0.15) is 23.2 Å². The number of alkyl halides is 3. The molecule has 0 aliphatic rings. The molecule has 2 N–H and O–H groups in total. The molecule has 0 radical (unpaired) electrons. The Balaban J connectivity index is 1.97. The molecular formula is C14H12BF3N4O5. The molecular weight excluding hydrogens is 372 g/mol. The van der Waals surface area contributed by atoms with Crippen molar-refractivity contribution < 1.29 is 37.2 Å². The van der Waals surface area contributed by atoms with E-state index in [1.807, 2.05) is 0 Å². The molecule has 0 bridgehead atoms. The van der Waals surface area contributed by atoms with Crippen LogP contribution in [0.4, 0.5) is 13.2 Å². The summed E-state index contributed by atoms with van der Waals surface area (Å²) in [6, 6.07) is 5.49. The van der Waals surface area contributed by atoms with Crippen molar-refractivity contribution in [3.8, 4) is 11.4 Å². The number of carboxylic acid groups (broad SMARTS) is 1. The van der Waals surface area contributed by atoms with Crippen LogP contribution in [0.3, 0.4) is 0 Å². The van der Waals surface area contributed by atoms with Crippen LogP contribution >= 0.6 is 0 Å². The monoisotopic (exact) mass is 384 g/mol. The second-order valence-electron chi connectivity index (χ2n) is 5.18. The number of halogens is 3. The summed E-state index contributed by atoms with van der Waals surface area (Å²) in [7, 11) is 1.20. The van der Waals surface area contributed by atoms with Crippen LogP contribution in [0, 0.1) is 0 Å². The Morgan fingerprint density at radius 2 is 2.04 bits per heavy atom. The van der Waals surface area contributed by atoms with Crippen LogP contribution in [0.5, 0.6) is 0 Å². The molecule has 0 saturated heterocycles. The molecule has 2 rings (SSSR count). The summed E-state index contributed by atoms with van der Waals surface area (Å²) in [6.45, 7) is 0.975. The number of aromatic nitrogens is 2. The number of benzene rings is 1. The van der Waals surface area contributed by atoms with Gasteiger partial charge >= 0.3 is 149 Å². The van der Waals surface area contributed by atoms with Crippen LogP contribution in [0.15, 0.2) is 33.8 Å². The molecule has 1 heterocycles. The second-order valence-corrected chi connectivity index (χ2v) is 5.18. The van der Waals surface area contributed by atoms with Crippen LogP contribution < -0.4 is 5.32 Å². The fraction of sp³-hybridized carbons (Fsp3) is 0.286. The SMILES string of the molecule is CC(B=NOCC(=O)O)NC(=O)c1ccc(-c2noc(C(F)(F)F)n2)cc1. The summed E-state index contributed by atoms with van der Waals surface area (Å²) < 4.78 is 41.5. The first-order chi connectivity index (χ1) is 12.7. The van der Waals surface area contributed by atoms with E-state index >= 15 is 0 Å². The predicted molar refractivity (Wildman–Crippen MR) is 83.4 cm³/mol. The molecule has 1 aromatic carbocycles. The van der Waals surface area contributed by atoms with Gasteiger partial charge < -0.3 is 0 Å². The van der Waals surface area contributed by atoms with Crippen LogP contribution in [0.25, 0.3) is 11.4 Å². The summed E-state index contributed by atoms with van der Waals surface area (Å²) in [5.74, 6) is -3.95. The zero-order valence-electron chi connectivity index (χ0n) is 13.7. The van der Waals surface area contributed by atoms with Gasteiger partial charge in [0.2, 0.25) is 0 Å². The molecule has 1 aromatic heterocycles. The minimum absolute atomic E-state index is 0.227. The Bertz CT molecular complexity index is 838. The third-order valence-electron chi connectivity index (χ3n) is 2.98. The molecule has 0 aliphatic heterocycles. The third-order valence-corrected chi connectivity index (χ3v) is 2.98. The molecule has 9 nitrogen and oxygen atoms in total. The van der Waals surface area contributed by atoms with E-state index in [0.29, 0.717) is 0 Å². The topological polar surface area (TPSA) is 127 Å². The van der Waals surface area contributed by atoms with Crippen LogP contribution in [-0.4, -0.2) is 46.7 Å². The Kier molecular flexibility index (Phi) is 6.26. The fourth-order valence-corrected chi connectivity index (χ4v) is 1.78. The van der Waals surface area contributed by atoms with E-state index in [1.54, 1.807) is 6.92 Å². The van der Waals surface area contributed by atoms with E-state index in [0.717, 1.165) is 0 Å². The Morgan fingerprint density at radius 3 is 2.59 bits per heavy atom. The molecule has 1 unspecified atom stereocenters. The van der Waals surface area contributed by atoms with E-state index < -0.39 is 36.5 Å². The predicted octanol–water partition coefficient (Wildman–Crippen LogP) is 1.74. The maximum absolute atomic E-state index is 12.5. The summed E-state index contributed by atoms with van der Waals surface area (Å²) in [5, 5.41) is 17.6. The Morgan fingerprint density at radius 1 is 1.37 bits per heavy atom. The zero-order chi connectivity index (χ0) is 20.0.